The van der Waals surface area contributed by atoms with Crippen LogP contribution in [0, 0.1) is 5.41 Å². The summed E-state index contributed by atoms with van der Waals surface area (Å²) in [6.07, 6.45) is 1.78. The van der Waals surface area contributed by atoms with E-state index in [9.17, 15) is 33.6 Å². The fourth-order valence-electron chi connectivity index (χ4n) is 7.81. The van der Waals surface area contributed by atoms with E-state index in [2.05, 4.69) is 13.2 Å². The normalized spacial score (nSPS) is 13.7. The number of amides is 4. The van der Waals surface area contributed by atoms with Gasteiger partial charge in [-0.1, -0.05) is 134 Å². The smallest absolute Gasteiger partial charge is 0.295 e. The molecule has 308 valence electrons. The maximum absolute atomic E-state index is 14.6. The Labute approximate surface area is 351 Å². The fraction of sp³-hybridized carbons (Fsp3) is 0.188. The van der Waals surface area contributed by atoms with Gasteiger partial charge in [0.1, 0.15) is 5.41 Å². The van der Waals surface area contributed by atoms with E-state index in [1.165, 1.54) is 35.6 Å². The summed E-state index contributed by atoms with van der Waals surface area (Å²) < 4.78 is 4.93. The maximum Gasteiger partial charge on any atom is 0.332 e. The topological polar surface area (TPSA) is 146 Å². The molecular weight excluding hydrogens is 773 g/mol. The van der Waals surface area contributed by atoms with Crippen LogP contribution < -0.4 is 22.5 Å². The lowest BCUT2D eigenvalue weighted by molar-refractivity contribution is -0.156. The molecule has 0 bridgehead atoms. The Balaban J connectivity index is 1.34. The molecule has 4 amide bonds. The van der Waals surface area contributed by atoms with Crippen LogP contribution in [0.25, 0.3) is 11.1 Å². The number of aromatic nitrogens is 4. The summed E-state index contributed by atoms with van der Waals surface area (Å²) in [6, 6.07) is 35.4. The van der Waals surface area contributed by atoms with Crippen LogP contribution in [0.5, 0.6) is 0 Å². The Morgan fingerprint density at radius 2 is 0.754 bits per heavy atom. The molecule has 4 aromatic carbocycles. The molecule has 1 saturated heterocycles. The van der Waals surface area contributed by atoms with Crippen LogP contribution in [-0.2, 0) is 35.8 Å². The number of imide groups is 2. The zero-order chi connectivity index (χ0) is 43.4. The standard InChI is InChI=1S/C48H44N6O7/c1-33(39-31-51(27-35-17-9-5-10-18-35)46(60)53(41(39)55)29-37-21-13-7-14-22-37)25-48(43(57)49(3)45(59)50(4)44(48)58)26-34(2)40-32-52(28-36-19-11-6-12-20-36)47(61)54(42(40)56)30-38-23-15-8-16-24-38/h5-24,31-32H,1-2,25-30H2,3-4H3. The molecular formula is C48H44N6O7. The fourth-order valence-corrected chi connectivity index (χ4v) is 7.81. The van der Waals surface area contributed by atoms with Crippen molar-refractivity contribution in [1.29, 1.82) is 0 Å². The number of urea groups is 1. The first kappa shape index (κ1) is 41.5. The molecule has 2 aromatic heterocycles. The molecule has 13 nitrogen and oxygen atoms in total. The summed E-state index contributed by atoms with van der Waals surface area (Å²) in [6.45, 7) is 8.51. The number of rotatable bonds is 14. The van der Waals surface area contributed by atoms with Crippen molar-refractivity contribution in [1.82, 2.24) is 28.1 Å². The highest BCUT2D eigenvalue weighted by molar-refractivity contribution is 6.20. The van der Waals surface area contributed by atoms with E-state index in [1.54, 1.807) is 48.5 Å². The highest BCUT2D eigenvalue weighted by Crippen LogP contribution is 2.43. The molecule has 0 aliphatic carbocycles. The average Bonchev–Trinajstić information content (AvgIpc) is 3.27. The number of carbonyl (C=O) groups is 3. The number of hydrogen-bond acceptors (Lipinski definition) is 7. The molecule has 0 saturated carbocycles. The van der Waals surface area contributed by atoms with Gasteiger partial charge in [0, 0.05) is 26.5 Å². The summed E-state index contributed by atoms with van der Waals surface area (Å²) in [5.41, 5.74) is -1.72. The number of carbonyl (C=O) groups excluding carboxylic acids is 3. The van der Waals surface area contributed by atoms with Gasteiger partial charge in [0.25, 0.3) is 11.1 Å². The second-order valence-electron chi connectivity index (χ2n) is 15.3. The van der Waals surface area contributed by atoms with Gasteiger partial charge in [0.05, 0.1) is 37.3 Å². The van der Waals surface area contributed by atoms with E-state index in [0.29, 0.717) is 11.1 Å². The van der Waals surface area contributed by atoms with E-state index >= 15 is 0 Å². The number of hydrogen-bond donors (Lipinski definition) is 0. The van der Waals surface area contributed by atoms with Crippen molar-refractivity contribution in [3.05, 3.63) is 222 Å². The molecule has 1 fully saturated rings. The van der Waals surface area contributed by atoms with E-state index in [4.69, 9.17) is 0 Å². The third-order valence-corrected chi connectivity index (χ3v) is 11.0. The predicted molar refractivity (Wildman–Crippen MR) is 233 cm³/mol. The monoisotopic (exact) mass is 816 g/mol. The summed E-state index contributed by atoms with van der Waals surface area (Å²) in [5.74, 6) is -1.79. The van der Waals surface area contributed by atoms with Gasteiger partial charge in [0.2, 0.25) is 11.8 Å². The van der Waals surface area contributed by atoms with Gasteiger partial charge in [-0.25, -0.2) is 14.4 Å². The van der Waals surface area contributed by atoms with E-state index in [-0.39, 0.29) is 48.5 Å². The minimum Gasteiger partial charge on any atom is -0.295 e. The number of benzene rings is 4. The molecule has 3 heterocycles. The van der Waals surface area contributed by atoms with Crippen LogP contribution in [0.3, 0.4) is 0 Å². The lowest BCUT2D eigenvalue weighted by atomic mass is 9.71. The molecule has 0 unspecified atom stereocenters. The van der Waals surface area contributed by atoms with E-state index < -0.39 is 58.6 Å². The molecule has 6 aromatic rings. The summed E-state index contributed by atoms with van der Waals surface area (Å²) in [5, 5.41) is 0. The molecule has 0 radical (unpaired) electrons. The van der Waals surface area contributed by atoms with Gasteiger partial charge in [-0.2, -0.15) is 0 Å². The Bertz CT molecular complexity index is 2720. The lowest BCUT2D eigenvalue weighted by Gasteiger charge is -2.42. The maximum atomic E-state index is 14.6. The molecule has 0 spiro atoms. The van der Waals surface area contributed by atoms with Crippen molar-refractivity contribution >= 4 is 29.0 Å². The lowest BCUT2D eigenvalue weighted by Crippen LogP contribution is -2.63. The second kappa shape index (κ2) is 17.3. The average molecular weight is 817 g/mol. The van der Waals surface area contributed by atoms with Crippen molar-refractivity contribution in [3.8, 4) is 0 Å². The van der Waals surface area contributed by atoms with Crippen LogP contribution in [0.2, 0.25) is 0 Å². The molecule has 13 heteroatoms. The van der Waals surface area contributed by atoms with Crippen molar-refractivity contribution in [2.75, 3.05) is 14.1 Å². The quantitative estimate of drug-likeness (QED) is 0.140. The van der Waals surface area contributed by atoms with Crippen molar-refractivity contribution in [2.45, 2.75) is 39.0 Å². The van der Waals surface area contributed by atoms with E-state index in [1.807, 2.05) is 72.8 Å². The van der Waals surface area contributed by atoms with E-state index in [0.717, 1.165) is 30.1 Å². The van der Waals surface area contributed by atoms with Crippen LogP contribution in [0.15, 0.2) is 166 Å². The Kier molecular flexibility index (Phi) is 11.8. The third kappa shape index (κ3) is 8.31. The third-order valence-electron chi connectivity index (χ3n) is 11.0. The SMILES string of the molecule is C=C(CC1(CC(=C)c2cn(Cc3ccccc3)c(=O)n(Cc3ccccc3)c2=O)C(=O)N(C)C(=O)N(C)C1=O)c1cn(Cc2ccccc2)c(=O)n(Cc2ccccc2)c1=O. The van der Waals surface area contributed by atoms with Gasteiger partial charge in [-0.3, -0.25) is 47.2 Å². The molecule has 1 aliphatic rings. The zero-order valence-electron chi connectivity index (χ0n) is 33.9. The first-order valence-electron chi connectivity index (χ1n) is 19.6. The van der Waals surface area contributed by atoms with Gasteiger partial charge in [-0.15, -0.1) is 0 Å². The van der Waals surface area contributed by atoms with Crippen molar-refractivity contribution in [2.24, 2.45) is 5.41 Å². The zero-order valence-corrected chi connectivity index (χ0v) is 33.9. The molecule has 61 heavy (non-hydrogen) atoms. The highest BCUT2D eigenvalue weighted by Gasteiger charge is 2.56. The Hall–Kier alpha value is -7.67. The van der Waals surface area contributed by atoms with Crippen molar-refractivity contribution in [3.63, 3.8) is 0 Å². The van der Waals surface area contributed by atoms with Crippen LogP contribution in [0.1, 0.15) is 46.2 Å². The van der Waals surface area contributed by atoms with Gasteiger partial charge >= 0.3 is 17.4 Å². The summed E-state index contributed by atoms with van der Waals surface area (Å²) in [7, 11) is 2.49. The minimum absolute atomic E-state index is 0.0270. The Morgan fingerprint density at radius 3 is 1.07 bits per heavy atom. The summed E-state index contributed by atoms with van der Waals surface area (Å²) >= 11 is 0. The number of allylic oxidation sites excluding steroid dienone is 2. The van der Waals surface area contributed by atoms with Gasteiger partial charge in [-0.05, 0) is 46.2 Å². The van der Waals surface area contributed by atoms with Gasteiger partial charge < -0.3 is 0 Å². The highest BCUT2D eigenvalue weighted by atomic mass is 16.2. The largest absolute Gasteiger partial charge is 0.332 e. The Morgan fingerprint density at radius 1 is 0.459 bits per heavy atom. The van der Waals surface area contributed by atoms with Crippen LogP contribution >= 0.6 is 0 Å². The predicted octanol–water partition coefficient (Wildman–Crippen LogP) is 5.07. The molecule has 7 rings (SSSR count). The first-order valence-corrected chi connectivity index (χ1v) is 19.6. The molecule has 1 aliphatic heterocycles. The van der Waals surface area contributed by atoms with Gasteiger partial charge in [0.15, 0.2) is 0 Å². The minimum atomic E-state index is -2.14. The summed E-state index contributed by atoms with van der Waals surface area (Å²) in [4.78, 5) is 101. The molecule has 0 atom stereocenters. The molecule has 0 N–H and O–H groups in total. The van der Waals surface area contributed by atoms with Crippen LogP contribution in [-0.4, -0.2) is 60.0 Å². The number of nitrogens with zero attached hydrogens (tertiary/aromatic N) is 6. The van der Waals surface area contributed by atoms with Crippen molar-refractivity contribution < 1.29 is 14.4 Å². The van der Waals surface area contributed by atoms with Crippen LogP contribution in [0.4, 0.5) is 4.79 Å². The first-order chi connectivity index (χ1) is 29.3. The number of barbiturate groups is 1. The second-order valence-corrected chi connectivity index (χ2v) is 15.3.